The Labute approximate surface area is 175 Å². The number of thiophene rings is 1. The number of rotatable bonds is 5. The minimum atomic E-state index is -0.164. The fraction of sp³-hybridized carbons (Fsp3) is 0.286. The summed E-state index contributed by atoms with van der Waals surface area (Å²) >= 11 is 3.28. The van der Waals surface area contributed by atoms with Crippen molar-refractivity contribution in [3.8, 4) is 10.9 Å². The standard InChI is InChI=1S/C21H20N4O2S2/c22-19(26)13-5-8-25(9-6-13)12-16-10-14-3-4-15(11-18(14)28-16)27-21-24-20-17(29-21)2-1-7-23-20/h1-4,7,10-11,13H,5-6,8-9,12H2,(H2,22,26). The third-order valence-electron chi connectivity index (χ3n) is 5.26. The Bertz CT molecular complexity index is 1140. The van der Waals surface area contributed by atoms with Crippen molar-refractivity contribution in [1.29, 1.82) is 0 Å². The summed E-state index contributed by atoms with van der Waals surface area (Å²) in [6.07, 6.45) is 3.45. The van der Waals surface area contributed by atoms with Gasteiger partial charge in [-0.3, -0.25) is 9.69 Å². The first-order valence-corrected chi connectivity index (χ1v) is 11.2. The van der Waals surface area contributed by atoms with Gasteiger partial charge in [-0.15, -0.1) is 11.3 Å². The zero-order chi connectivity index (χ0) is 19.8. The number of thiazole rings is 1. The molecule has 1 saturated heterocycles. The van der Waals surface area contributed by atoms with E-state index < -0.39 is 0 Å². The fourth-order valence-electron chi connectivity index (χ4n) is 3.70. The number of hydrogen-bond donors (Lipinski definition) is 1. The van der Waals surface area contributed by atoms with Crippen LogP contribution < -0.4 is 10.5 Å². The van der Waals surface area contributed by atoms with Crippen LogP contribution in [0.4, 0.5) is 0 Å². The largest absolute Gasteiger partial charge is 0.431 e. The van der Waals surface area contributed by atoms with E-state index in [9.17, 15) is 4.79 Å². The highest BCUT2D eigenvalue weighted by molar-refractivity contribution is 7.20. The predicted octanol–water partition coefficient (Wildman–Crippen LogP) is 4.40. The van der Waals surface area contributed by atoms with Crippen LogP contribution in [0.3, 0.4) is 0 Å². The highest BCUT2D eigenvalue weighted by atomic mass is 32.1. The number of pyridine rings is 1. The van der Waals surface area contributed by atoms with Crippen LogP contribution in [0.2, 0.25) is 0 Å². The van der Waals surface area contributed by atoms with Gasteiger partial charge < -0.3 is 10.5 Å². The summed E-state index contributed by atoms with van der Waals surface area (Å²) in [6.45, 7) is 2.74. The first-order valence-electron chi connectivity index (χ1n) is 9.57. The third kappa shape index (κ3) is 3.96. The van der Waals surface area contributed by atoms with Crippen molar-refractivity contribution in [2.45, 2.75) is 19.4 Å². The van der Waals surface area contributed by atoms with Crippen LogP contribution in [0.15, 0.2) is 42.6 Å². The molecule has 0 radical (unpaired) electrons. The molecule has 0 spiro atoms. The van der Waals surface area contributed by atoms with E-state index in [-0.39, 0.29) is 11.8 Å². The van der Waals surface area contributed by atoms with Crippen LogP contribution in [0.25, 0.3) is 20.4 Å². The number of carbonyl (C=O) groups is 1. The molecule has 29 heavy (non-hydrogen) atoms. The molecule has 0 atom stereocenters. The van der Waals surface area contributed by atoms with Gasteiger partial charge in [-0.1, -0.05) is 11.3 Å². The molecule has 1 aliphatic heterocycles. The van der Waals surface area contributed by atoms with Crippen LogP contribution in [0.1, 0.15) is 17.7 Å². The molecular weight excluding hydrogens is 404 g/mol. The zero-order valence-electron chi connectivity index (χ0n) is 15.7. The average molecular weight is 425 g/mol. The molecule has 1 amide bonds. The fourth-order valence-corrected chi connectivity index (χ4v) is 5.63. The summed E-state index contributed by atoms with van der Waals surface area (Å²) in [5.74, 6) is 0.654. The van der Waals surface area contributed by atoms with Gasteiger partial charge in [-0.05, 0) is 67.7 Å². The van der Waals surface area contributed by atoms with Gasteiger partial charge >= 0.3 is 0 Å². The number of hydrogen-bond acceptors (Lipinski definition) is 7. The number of benzene rings is 1. The van der Waals surface area contributed by atoms with Crippen molar-refractivity contribution in [3.05, 3.63) is 47.5 Å². The molecule has 0 unspecified atom stereocenters. The number of likely N-dealkylation sites (tertiary alicyclic amines) is 1. The Hall–Kier alpha value is -2.55. The molecule has 3 aromatic heterocycles. The Balaban J connectivity index is 1.29. The molecule has 2 N–H and O–H groups in total. The lowest BCUT2D eigenvalue weighted by molar-refractivity contribution is -0.123. The maximum Gasteiger partial charge on any atom is 0.281 e. The van der Waals surface area contributed by atoms with Crippen LogP contribution in [-0.4, -0.2) is 33.9 Å². The number of carbonyl (C=O) groups excluding carboxylic acids is 1. The molecule has 1 fully saturated rings. The second-order valence-corrected chi connectivity index (χ2v) is 9.43. The van der Waals surface area contributed by atoms with Crippen LogP contribution >= 0.6 is 22.7 Å². The van der Waals surface area contributed by atoms with E-state index >= 15 is 0 Å². The van der Waals surface area contributed by atoms with E-state index in [0.29, 0.717) is 10.8 Å². The van der Waals surface area contributed by atoms with Gasteiger partial charge in [0.2, 0.25) is 5.91 Å². The first-order chi connectivity index (χ1) is 14.1. The summed E-state index contributed by atoms with van der Waals surface area (Å²) in [5, 5.41) is 1.82. The highest BCUT2D eigenvalue weighted by Gasteiger charge is 2.23. The van der Waals surface area contributed by atoms with E-state index in [4.69, 9.17) is 10.5 Å². The number of primary amides is 1. The molecule has 0 aliphatic carbocycles. The van der Waals surface area contributed by atoms with Gasteiger partial charge in [0.1, 0.15) is 5.75 Å². The zero-order valence-corrected chi connectivity index (χ0v) is 17.3. The first kappa shape index (κ1) is 18.5. The van der Waals surface area contributed by atoms with Gasteiger partial charge in [-0.25, -0.2) is 4.98 Å². The van der Waals surface area contributed by atoms with Gasteiger partial charge in [0.15, 0.2) is 5.65 Å². The maximum absolute atomic E-state index is 11.3. The number of nitrogens with two attached hydrogens (primary N) is 1. The topological polar surface area (TPSA) is 81.3 Å². The average Bonchev–Trinajstić information content (AvgIpc) is 3.30. The van der Waals surface area contributed by atoms with E-state index in [0.717, 1.165) is 42.9 Å². The molecule has 5 rings (SSSR count). The maximum atomic E-state index is 11.3. The van der Waals surface area contributed by atoms with E-state index in [2.05, 4.69) is 33.1 Å². The van der Waals surface area contributed by atoms with Crippen molar-refractivity contribution < 1.29 is 9.53 Å². The summed E-state index contributed by atoms with van der Waals surface area (Å²) in [6, 6.07) is 12.3. The van der Waals surface area contributed by atoms with E-state index in [1.165, 1.54) is 26.3 Å². The van der Waals surface area contributed by atoms with Crippen LogP contribution in [-0.2, 0) is 11.3 Å². The second-order valence-electron chi connectivity index (χ2n) is 7.27. The number of piperidine rings is 1. The Kier molecular flexibility index (Phi) is 4.91. The van der Waals surface area contributed by atoms with Crippen molar-refractivity contribution in [3.63, 3.8) is 0 Å². The van der Waals surface area contributed by atoms with Crippen molar-refractivity contribution in [1.82, 2.24) is 14.9 Å². The Morgan fingerprint density at radius 2 is 2.03 bits per heavy atom. The lowest BCUT2D eigenvalue weighted by Gasteiger charge is -2.29. The molecule has 8 heteroatoms. The molecule has 4 aromatic rings. The minimum absolute atomic E-state index is 0.0334. The lowest BCUT2D eigenvalue weighted by Crippen LogP contribution is -2.37. The number of nitrogens with zero attached hydrogens (tertiary/aromatic N) is 3. The van der Waals surface area contributed by atoms with Crippen molar-refractivity contribution in [2.24, 2.45) is 11.7 Å². The van der Waals surface area contributed by atoms with Crippen LogP contribution in [0.5, 0.6) is 10.9 Å². The summed E-state index contributed by atoms with van der Waals surface area (Å²) in [5.41, 5.74) is 6.15. The third-order valence-corrected chi connectivity index (χ3v) is 7.23. The summed E-state index contributed by atoms with van der Waals surface area (Å²) in [7, 11) is 0. The number of aromatic nitrogens is 2. The molecule has 0 saturated carbocycles. The van der Waals surface area contributed by atoms with Crippen LogP contribution in [0, 0.1) is 5.92 Å². The summed E-state index contributed by atoms with van der Waals surface area (Å²) < 4.78 is 8.20. The predicted molar refractivity (Wildman–Crippen MR) is 117 cm³/mol. The Morgan fingerprint density at radius 1 is 1.17 bits per heavy atom. The molecule has 4 heterocycles. The molecule has 1 aromatic carbocycles. The quantitative estimate of drug-likeness (QED) is 0.514. The van der Waals surface area contributed by atoms with Gasteiger partial charge in [0.05, 0.1) is 4.70 Å². The molecule has 0 bridgehead atoms. The minimum Gasteiger partial charge on any atom is -0.431 e. The monoisotopic (exact) mass is 424 g/mol. The molecule has 148 valence electrons. The second kappa shape index (κ2) is 7.70. The lowest BCUT2D eigenvalue weighted by atomic mass is 9.96. The Morgan fingerprint density at radius 3 is 2.83 bits per heavy atom. The highest BCUT2D eigenvalue weighted by Crippen LogP contribution is 2.34. The smallest absolute Gasteiger partial charge is 0.281 e. The van der Waals surface area contributed by atoms with E-state index in [1.54, 1.807) is 17.5 Å². The van der Waals surface area contributed by atoms with Gasteiger partial charge in [0, 0.05) is 28.2 Å². The number of fused-ring (bicyclic) bond motifs is 2. The molecule has 6 nitrogen and oxygen atoms in total. The molecule has 1 aliphatic rings. The van der Waals surface area contributed by atoms with Gasteiger partial charge in [-0.2, -0.15) is 4.98 Å². The normalized spacial score (nSPS) is 15.9. The SMILES string of the molecule is NC(=O)C1CCN(Cc2cc3ccc(Oc4nc5ncccc5s4)cc3s2)CC1. The van der Waals surface area contributed by atoms with E-state index in [1.807, 2.05) is 18.2 Å². The molecular formula is C21H20N4O2S2. The number of amides is 1. The van der Waals surface area contributed by atoms with Gasteiger partial charge in [0.25, 0.3) is 5.19 Å². The van der Waals surface area contributed by atoms with Crippen molar-refractivity contribution >= 4 is 49.0 Å². The van der Waals surface area contributed by atoms with Crippen molar-refractivity contribution in [2.75, 3.05) is 13.1 Å². The number of ether oxygens (including phenoxy) is 1. The summed E-state index contributed by atoms with van der Waals surface area (Å²) in [4.78, 5) is 23.7.